The number of amides is 1. The van der Waals surface area contributed by atoms with Gasteiger partial charge in [-0.1, -0.05) is 0 Å². The topological polar surface area (TPSA) is 67.7 Å². The molecule has 0 aromatic carbocycles. The van der Waals surface area contributed by atoms with Gasteiger partial charge in [0, 0.05) is 5.56 Å². The molecule has 88 valence electrons. The van der Waals surface area contributed by atoms with Crippen LogP contribution in [-0.2, 0) is 0 Å². The molecule has 0 bridgehead atoms. The van der Waals surface area contributed by atoms with Gasteiger partial charge in [0.05, 0.1) is 12.5 Å². The van der Waals surface area contributed by atoms with Crippen molar-refractivity contribution in [3.8, 4) is 0 Å². The van der Waals surface area contributed by atoms with Gasteiger partial charge in [-0.2, -0.15) is 5.10 Å². The first-order valence-corrected chi connectivity index (χ1v) is 5.11. The fraction of sp³-hybridized carbons (Fsp3) is 0.167. The van der Waals surface area contributed by atoms with E-state index < -0.39 is 0 Å². The molecule has 0 aliphatic rings. The average molecular weight is 232 g/mol. The van der Waals surface area contributed by atoms with Crippen LogP contribution in [0.5, 0.6) is 0 Å². The fourth-order valence-electron chi connectivity index (χ4n) is 1.40. The van der Waals surface area contributed by atoms with Gasteiger partial charge in [0.1, 0.15) is 11.5 Å². The molecule has 0 saturated carbocycles. The van der Waals surface area contributed by atoms with Gasteiger partial charge in [-0.05, 0) is 32.0 Å². The highest BCUT2D eigenvalue weighted by atomic mass is 16.3. The second-order valence-electron chi connectivity index (χ2n) is 3.55. The Morgan fingerprint density at radius 3 is 2.88 bits per heavy atom. The maximum Gasteiger partial charge on any atom is 0.307 e. The molecule has 0 atom stereocenters. The number of carbonyl (C=O) groups is 1. The number of carbonyl (C=O) groups excluding carboxylic acids is 1. The monoisotopic (exact) mass is 232 g/mol. The van der Waals surface area contributed by atoms with E-state index in [4.69, 9.17) is 8.83 Å². The van der Waals surface area contributed by atoms with Crippen LogP contribution in [0.15, 0.2) is 38.4 Å². The number of nitrogens with zero attached hydrogens (tertiary/aromatic N) is 1. The maximum absolute atomic E-state index is 11.4. The van der Waals surface area contributed by atoms with E-state index in [-0.39, 0.29) is 11.7 Å². The standard InChI is InChI=1S/C12H12N2O3/c1-8-6-10(9(2)17-8)7-13-14-12(15)11-4-3-5-16-11/h3-7H,1-2H3,(H,14,15)/b13-7-. The van der Waals surface area contributed by atoms with Gasteiger partial charge in [0.15, 0.2) is 5.76 Å². The minimum atomic E-state index is -0.385. The first-order chi connectivity index (χ1) is 8.16. The molecule has 0 spiro atoms. The summed E-state index contributed by atoms with van der Waals surface area (Å²) < 4.78 is 10.2. The van der Waals surface area contributed by atoms with E-state index in [2.05, 4.69) is 10.5 Å². The van der Waals surface area contributed by atoms with Gasteiger partial charge in [0.2, 0.25) is 0 Å². The summed E-state index contributed by atoms with van der Waals surface area (Å²) in [5.74, 6) is 1.41. The Labute approximate surface area is 98.1 Å². The number of aryl methyl sites for hydroxylation is 2. The predicted molar refractivity (Wildman–Crippen MR) is 62.0 cm³/mol. The molecule has 0 aliphatic heterocycles. The highest BCUT2D eigenvalue weighted by molar-refractivity contribution is 5.92. The van der Waals surface area contributed by atoms with E-state index in [1.807, 2.05) is 19.9 Å². The molecule has 0 radical (unpaired) electrons. The molecule has 17 heavy (non-hydrogen) atoms. The van der Waals surface area contributed by atoms with Crippen LogP contribution in [0.1, 0.15) is 27.6 Å². The van der Waals surface area contributed by atoms with Crippen molar-refractivity contribution in [2.45, 2.75) is 13.8 Å². The Bertz CT molecular complexity index is 538. The van der Waals surface area contributed by atoms with Crippen LogP contribution in [-0.4, -0.2) is 12.1 Å². The van der Waals surface area contributed by atoms with Crippen LogP contribution in [0.3, 0.4) is 0 Å². The highest BCUT2D eigenvalue weighted by Gasteiger charge is 2.06. The van der Waals surface area contributed by atoms with Crippen molar-refractivity contribution in [1.82, 2.24) is 5.43 Å². The van der Waals surface area contributed by atoms with Crippen LogP contribution >= 0.6 is 0 Å². The molecule has 0 fully saturated rings. The lowest BCUT2D eigenvalue weighted by atomic mass is 10.3. The number of furan rings is 2. The third-order valence-electron chi connectivity index (χ3n) is 2.19. The van der Waals surface area contributed by atoms with Crippen molar-refractivity contribution in [1.29, 1.82) is 0 Å². The summed E-state index contributed by atoms with van der Waals surface area (Å²) in [7, 11) is 0. The van der Waals surface area contributed by atoms with E-state index in [1.54, 1.807) is 12.1 Å². The Morgan fingerprint density at radius 2 is 2.29 bits per heavy atom. The van der Waals surface area contributed by atoms with Crippen molar-refractivity contribution in [2.24, 2.45) is 5.10 Å². The molecular formula is C12H12N2O3. The number of hydrogen-bond donors (Lipinski definition) is 1. The number of hydrogen-bond acceptors (Lipinski definition) is 4. The molecule has 2 aromatic heterocycles. The van der Waals surface area contributed by atoms with E-state index in [1.165, 1.54) is 12.5 Å². The largest absolute Gasteiger partial charge is 0.466 e. The molecule has 1 amide bonds. The van der Waals surface area contributed by atoms with Gasteiger partial charge in [0.25, 0.3) is 0 Å². The van der Waals surface area contributed by atoms with Crippen LogP contribution in [0.25, 0.3) is 0 Å². The minimum Gasteiger partial charge on any atom is -0.466 e. The van der Waals surface area contributed by atoms with Gasteiger partial charge < -0.3 is 8.83 Å². The second-order valence-corrected chi connectivity index (χ2v) is 3.55. The summed E-state index contributed by atoms with van der Waals surface area (Å²) in [6.45, 7) is 3.69. The van der Waals surface area contributed by atoms with Crippen molar-refractivity contribution in [3.63, 3.8) is 0 Å². The van der Waals surface area contributed by atoms with Gasteiger partial charge in [-0.3, -0.25) is 4.79 Å². The first kappa shape index (κ1) is 11.2. The van der Waals surface area contributed by atoms with E-state index in [9.17, 15) is 4.79 Å². The third-order valence-corrected chi connectivity index (χ3v) is 2.19. The highest BCUT2D eigenvalue weighted by Crippen LogP contribution is 2.10. The van der Waals surface area contributed by atoms with Crippen LogP contribution in [0, 0.1) is 13.8 Å². The molecule has 1 N–H and O–H groups in total. The number of rotatable bonds is 3. The van der Waals surface area contributed by atoms with Gasteiger partial charge >= 0.3 is 5.91 Å². The quantitative estimate of drug-likeness (QED) is 0.651. The van der Waals surface area contributed by atoms with Gasteiger partial charge in [-0.15, -0.1) is 0 Å². The summed E-state index contributed by atoms with van der Waals surface area (Å²) in [5.41, 5.74) is 3.20. The number of nitrogens with one attached hydrogen (secondary N) is 1. The summed E-state index contributed by atoms with van der Waals surface area (Å²) in [6.07, 6.45) is 2.97. The Kier molecular flexibility index (Phi) is 3.09. The zero-order valence-corrected chi connectivity index (χ0v) is 9.56. The fourth-order valence-corrected chi connectivity index (χ4v) is 1.40. The summed E-state index contributed by atoms with van der Waals surface area (Å²) in [6, 6.07) is 5.05. The Morgan fingerprint density at radius 1 is 1.47 bits per heavy atom. The smallest absolute Gasteiger partial charge is 0.307 e. The molecule has 2 rings (SSSR count). The van der Waals surface area contributed by atoms with Crippen molar-refractivity contribution < 1.29 is 13.6 Å². The van der Waals surface area contributed by atoms with Crippen molar-refractivity contribution >= 4 is 12.1 Å². The average Bonchev–Trinajstić information content (AvgIpc) is 2.89. The lowest BCUT2D eigenvalue weighted by Crippen LogP contribution is -2.16. The lowest BCUT2D eigenvalue weighted by molar-refractivity contribution is 0.0927. The third kappa shape index (κ3) is 2.63. The molecule has 0 aliphatic carbocycles. The summed E-state index contributed by atoms with van der Waals surface area (Å²) >= 11 is 0. The normalized spacial score (nSPS) is 10.9. The van der Waals surface area contributed by atoms with Crippen molar-refractivity contribution in [2.75, 3.05) is 0 Å². The van der Waals surface area contributed by atoms with Crippen LogP contribution in [0.4, 0.5) is 0 Å². The molecule has 2 heterocycles. The molecule has 0 unspecified atom stereocenters. The van der Waals surface area contributed by atoms with Crippen LogP contribution < -0.4 is 5.43 Å². The lowest BCUT2D eigenvalue weighted by Gasteiger charge is -1.94. The zero-order valence-electron chi connectivity index (χ0n) is 9.56. The van der Waals surface area contributed by atoms with E-state index in [0.29, 0.717) is 0 Å². The molecule has 2 aromatic rings. The van der Waals surface area contributed by atoms with Gasteiger partial charge in [-0.25, -0.2) is 5.43 Å². The molecule has 5 nitrogen and oxygen atoms in total. The minimum absolute atomic E-state index is 0.224. The Hall–Kier alpha value is -2.30. The molecular weight excluding hydrogens is 220 g/mol. The molecule has 0 saturated heterocycles. The second kappa shape index (κ2) is 4.69. The van der Waals surface area contributed by atoms with Crippen molar-refractivity contribution in [3.05, 3.63) is 47.3 Å². The SMILES string of the molecule is Cc1cc(/C=N\NC(=O)c2ccco2)c(C)o1. The first-order valence-electron chi connectivity index (χ1n) is 5.11. The summed E-state index contributed by atoms with van der Waals surface area (Å²) in [5, 5.41) is 3.83. The molecule has 5 heteroatoms. The zero-order chi connectivity index (χ0) is 12.3. The summed E-state index contributed by atoms with van der Waals surface area (Å²) in [4.78, 5) is 11.4. The van der Waals surface area contributed by atoms with E-state index >= 15 is 0 Å². The number of hydrazone groups is 1. The van der Waals surface area contributed by atoms with E-state index in [0.717, 1.165) is 17.1 Å². The Balaban J connectivity index is 1.99. The predicted octanol–water partition coefficient (Wildman–Crippen LogP) is 2.25. The maximum atomic E-state index is 11.4. The van der Waals surface area contributed by atoms with Crippen LogP contribution in [0.2, 0.25) is 0 Å².